The van der Waals surface area contributed by atoms with Crippen molar-refractivity contribution < 1.29 is 4.79 Å². The summed E-state index contributed by atoms with van der Waals surface area (Å²) in [6.45, 7) is 4.05. The Bertz CT molecular complexity index is 1190. The second-order valence-corrected chi connectivity index (χ2v) is 7.18. The molecular formula is C25H22N4O. The average molecular weight is 394 g/mol. The van der Waals surface area contributed by atoms with Gasteiger partial charge < -0.3 is 10.6 Å². The molecule has 0 aliphatic carbocycles. The lowest BCUT2D eigenvalue weighted by Crippen LogP contribution is -2.12. The second-order valence-electron chi connectivity index (χ2n) is 7.18. The molecule has 2 N–H and O–H groups in total. The zero-order valence-electron chi connectivity index (χ0n) is 16.9. The largest absolute Gasteiger partial charge is 0.340 e. The smallest absolute Gasteiger partial charge is 0.255 e. The van der Waals surface area contributed by atoms with Crippen LogP contribution in [0.5, 0.6) is 0 Å². The summed E-state index contributed by atoms with van der Waals surface area (Å²) in [5.41, 5.74) is 6.27. The minimum absolute atomic E-state index is 0.160. The molecule has 0 saturated heterocycles. The van der Waals surface area contributed by atoms with Crippen LogP contribution in [0.1, 0.15) is 21.5 Å². The van der Waals surface area contributed by atoms with Crippen molar-refractivity contribution in [2.75, 3.05) is 10.6 Å². The summed E-state index contributed by atoms with van der Waals surface area (Å²) in [6, 6.07) is 25.1. The number of carbonyl (C=O) groups excluding carboxylic acids is 1. The molecule has 30 heavy (non-hydrogen) atoms. The van der Waals surface area contributed by atoms with Gasteiger partial charge in [-0.1, -0.05) is 48.0 Å². The van der Waals surface area contributed by atoms with E-state index in [-0.39, 0.29) is 5.91 Å². The van der Waals surface area contributed by atoms with Gasteiger partial charge in [0, 0.05) is 28.6 Å². The standard InChI is InChI=1S/C25H22N4O/c1-17-9-11-19(12-10-17)23-15-24(27-16-26-23)28-22-8-4-6-20(14-22)25(30)29-21-7-3-5-18(2)13-21/h3-16H,1-2H3,(H,29,30)(H,26,27,28). The molecule has 3 aromatic carbocycles. The number of hydrogen-bond acceptors (Lipinski definition) is 4. The Morgan fingerprint density at radius 2 is 1.53 bits per heavy atom. The van der Waals surface area contributed by atoms with Crippen LogP contribution in [0.25, 0.3) is 11.3 Å². The molecule has 0 radical (unpaired) electrons. The third-order valence-electron chi connectivity index (χ3n) is 4.69. The molecule has 148 valence electrons. The fourth-order valence-corrected chi connectivity index (χ4v) is 3.12. The monoisotopic (exact) mass is 394 g/mol. The summed E-state index contributed by atoms with van der Waals surface area (Å²) in [5.74, 6) is 0.504. The number of amides is 1. The van der Waals surface area contributed by atoms with Crippen LogP contribution in [0.2, 0.25) is 0 Å². The molecule has 0 spiro atoms. The third-order valence-corrected chi connectivity index (χ3v) is 4.69. The molecule has 4 rings (SSSR count). The minimum atomic E-state index is -0.160. The molecular weight excluding hydrogens is 372 g/mol. The van der Waals surface area contributed by atoms with E-state index in [4.69, 9.17) is 0 Å². The first-order chi connectivity index (χ1) is 14.6. The van der Waals surface area contributed by atoms with Gasteiger partial charge in [-0.3, -0.25) is 4.79 Å². The number of hydrogen-bond donors (Lipinski definition) is 2. The molecule has 5 nitrogen and oxygen atoms in total. The first kappa shape index (κ1) is 19.3. The van der Waals surface area contributed by atoms with E-state index < -0.39 is 0 Å². The quantitative estimate of drug-likeness (QED) is 0.452. The number of nitrogens with zero attached hydrogens (tertiary/aromatic N) is 2. The van der Waals surface area contributed by atoms with E-state index in [0.717, 1.165) is 28.2 Å². The maximum Gasteiger partial charge on any atom is 0.255 e. The third kappa shape index (κ3) is 4.70. The van der Waals surface area contributed by atoms with Gasteiger partial charge in [0.1, 0.15) is 12.1 Å². The van der Waals surface area contributed by atoms with E-state index in [1.165, 1.54) is 11.9 Å². The number of benzene rings is 3. The Labute approximate surface area is 175 Å². The van der Waals surface area contributed by atoms with Gasteiger partial charge in [0.25, 0.3) is 5.91 Å². The normalized spacial score (nSPS) is 10.5. The van der Waals surface area contributed by atoms with Crippen LogP contribution in [0, 0.1) is 13.8 Å². The summed E-state index contributed by atoms with van der Waals surface area (Å²) in [7, 11) is 0. The van der Waals surface area contributed by atoms with E-state index in [1.807, 2.05) is 61.5 Å². The average Bonchev–Trinajstić information content (AvgIpc) is 2.75. The van der Waals surface area contributed by atoms with Crippen LogP contribution >= 0.6 is 0 Å². The lowest BCUT2D eigenvalue weighted by atomic mass is 10.1. The van der Waals surface area contributed by atoms with Crippen molar-refractivity contribution in [1.82, 2.24) is 9.97 Å². The molecule has 0 fully saturated rings. The molecule has 4 aromatic rings. The van der Waals surface area contributed by atoms with Crippen LogP contribution in [-0.2, 0) is 0 Å². The molecule has 0 aliphatic rings. The van der Waals surface area contributed by atoms with E-state index in [0.29, 0.717) is 11.4 Å². The predicted molar refractivity (Wildman–Crippen MR) is 121 cm³/mol. The molecule has 1 amide bonds. The summed E-state index contributed by atoms with van der Waals surface area (Å²) in [6.07, 6.45) is 1.53. The van der Waals surface area contributed by atoms with E-state index in [2.05, 4.69) is 39.7 Å². The molecule has 1 aromatic heterocycles. The van der Waals surface area contributed by atoms with Gasteiger partial charge in [0.15, 0.2) is 0 Å². The highest BCUT2D eigenvalue weighted by molar-refractivity contribution is 6.04. The number of aryl methyl sites for hydroxylation is 2. The molecule has 0 saturated carbocycles. The lowest BCUT2D eigenvalue weighted by molar-refractivity contribution is 0.102. The highest BCUT2D eigenvalue weighted by Crippen LogP contribution is 2.22. The summed E-state index contributed by atoms with van der Waals surface area (Å²) < 4.78 is 0. The summed E-state index contributed by atoms with van der Waals surface area (Å²) >= 11 is 0. The maximum atomic E-state index is 12.6. The van der Waals surface area contributed by atoms with Crippen molar-refractivity contribution in [2.45, 2.75) is 13.8 Å². The molecule has 1 heterocycles. The molecule has 0 unspecified atom stereocenters. The van der Waals surface area contributed by atoms with Crippen LogP contribution < -0.4 is 10.6 Å². The van der Waals surface area contributed by atoms with Gasteiger partial charge in [-0.15, -0.1) is 0 Å². The minimum Gasteiger partial charge on any atom is -0.340 e. The molecule has 5 heteroatoms. The Kier molecular flexibility index (Phi) is 5.52. The first-order valence-corrected chi connectivity index (χ1v) is 9.71. The molecule has 0 aliphatic heterocycles. The maximum absolute atomic E-state index is 12.6. The van der Waals surface area contributed by atoms with Crippen LogP contribution in [-0.4, -0.2) is 15.9 Å². The number of carbonyl (C=O) groups is 1. The molecule has 0 bridgehead atoms. The Hall–Kier alpha value is -3.99. The zero-order valence-corrected chi connectivity index (χ0v) is 16.9. The van der Waals surface area contributed by atoms with Crippen molar-refractivity contribution in [3.63, 3.8) is 0 Å². The summed E-state index contributed by atoms with van der Waals surface area (Å²) in [4.78, 5) is 21.3. The van der Waals surface area contributed by atoms with Gasteiger partial charge in [-0.25, -0.2) is 9.97 Å². The van der Waals surface area contributed by atoms with Crippen molar-refractivity contribution in [1.29, 1.82) is 0 Å². The van der Waals surface area contributed by atoms with Crippen LogP contribution in [0.15, 0.2) is 85.2 Å². The van der Waals surface area contributed by atoms with Crippen molar-refractivity contribution in [3.05, 3.63) is 102 Å². The number of aromatic nitrogens is 2. The van der Waals surface area contributed by atoms with E-state index in [9.17, 15) is 4.79 Å². The lowest BCUT2D eigenvalue weighted by Gasteiger charge is -2.10. The SMILES string of the molecule is Cc1ccc(-c2cc(Nc3cccc(C(=O)Nc4cccc(C)c4)c3)ncn2)cc1. The topological polar surface area (TPSA) is 66.9 Å². The van der Waals surface area contributed by atoms with Crippen LogP contribution in [0.3, 0.4) is 0 Å². The molecule has 0 atom stereocenters. The van der Waals surface area contributed by atoms with Crippen LogP contribution in [0.4, 0.5) is 17.2 Å². The van der Waals surface area contributed by atoms with Gasteiger partial charge in [0.05, 0.1) is 5.69 Å². The highest BCUT2D eigenvalue weighted by atomic mass is 16.1. The Morgan fingerprint density at radius 1 is 0.767 bits per heavy atom. The van der Waals surface area contributed by atoms with E-state index >= 15 is 0 Å². The van der Waals surface area contributed by atoms with Gasteiger partial charge in [-0.2, -0.15) is 0 Å². The van der Waals surface area contributed by atoms with Gasteiger partial charge in [0.2, 0.25) is 0 Å². The Morgan fingerprint density at radius 3 is 2.33 bits per heavy atom. The number of nitrogens with one attached hydrogen (secondary N) is 2. The highest BCUT2D eigenvalue weighted by Gasteiger charge is 2.08. The fraction of sp³-hybridized carbons (Fsp3) is 0.0800. The van der Waals surface area contributed by atoms with E-state index in [1.54, 1.807) is 12.1 Å². The number of anilines is 3. The van der Waals surface area contributed by atoms with Crippen molar-refractivity contribution in [2.24, 2.45) is 0 Å². The van der Waals surface area contributed by atoms with Crippen molar-refractivity contribution in [3.8, 4) is 11.3 Å². The van der Waals surface area contributed by atoms with Gasteiger partial charge >= 0.3 is 0 Å². The first-order valence-electron chi connectivity index (χ1n) is 9.71. The van der Waals surface area contributed by atoms with Crippen molar-refractivity contribution >= 4 is 23.1 Å². The van der Waals surface area contributed by atoms with Gasteiger partial charge in [-0.05, 0) is 49.7 Å². The number of rotatable bonds is 5. The second kappa shape index (κ2) is 8.57. The fourth-order valence-electron chi connectivity index (χ4n) is 3.12. The predicted octanol–water partition coefficient (Wildman–Crippen LogP) is 5.76. The summed E-state index contributed by atoms with van der Waals surface area (Å²) in [5, 5.41) is 6.20. The Balaban J connectivity index is 1.51. The zero-order chi connectivity index (χ0) is 20.9.